The molecular formula is C11H21NO3. The molecule has 0 radical (unpaired) electrons. The number of nitrogens with zero attached hydrogens (tertiary/aromatic N) is 1. The molecule has 0 heterocycles. The van der Waals surface area contributed by atoms with E-state index in [2.05, 4.69) is 0 Å². The first-order valence-corrected chi connectivity index (χ1v) is 5.77. The highest BCUT2D eigenvalue weighted by Crippen LogP contribution is 2.29. The number of hydrogen-bond acceptors (Lipinski definition) is 3. The van der Waals surface area contributed by atoms with Gasteiger partial charge < -0.3 is 10.2 Å². The summed E-state index contributed by atoms with van der Waals surface area (Å²) in [5.41, 5.74) is 0. The Hall–Kier alpha value is -0.610. The van der Waals surface area contributed by atoms with Crippen LogP contribution in [0.2, 0.25) is 0 Å². The third-order valence-electron chi connectivity index (χ3n) is 2.70. The van der Waals surface area contributed by atoms with Crippen molar-refractivity contribution in [3.63, 3.8) is 0 Å². The van der Waals surface area contributed by atoms with Crippen LogP contribution in [0.3, 0.4) is 0 Å². The van der Waals surface area contributed by atoms with Gasteiger partial charge in [-0.25, -0.2) is 0 Å². The van der Waals surface area contributed by atoms with Gasteiger partial charge >= 0.3 is 5.97 Å². The van der Waals surface area contributed by atoms with E-state index in [0.717, 1.165) is 38.3 Å². The monoisotopic (exact) mass is 215 g/mol. The van der Waals surface area contributed by atoms with E-state index < -0.39 is 5.97 Å². The first-order valence-electron chi connectivity index (χ1n) is 5.77. The van der Waals surface area contributed by atoms with Crippen LogP contribution in [0.15, 0.2) is 0 Å². The van der Waals surface area contributed by atoms with Crippen molar-refractivity contribution in [2.75, 3.05) is 26.2 Å². The molecule has 0 atom stereocenters. The molecule has 0 bridgehead atoms. The maximum absolute atomic E-state index is 10.6. The van der Waals surface area contributed by atoms with Gasteiger partial charge in [-0.1, -0.05) is 0 Å². The second-order valence-corrected chi connectivity index (χ2v) is 4.36. The fourth-order valence-electron chi connectivity index (χ4n) is 1.72. The molecule has 4 heteroatoms. The second-order valence-electron chi connectivity index (χ2n) is 4.36. The van der Waals surface area contributed by atoms with E-state index in [-0.39, 0.29) is 13.2 Å². The van der Waals surface area contributed by atoms with Gasteiger partial charge in [-0.05, 0) is 44.6 Å². The van der Waals surface area contributed by atoms with Crippen molar-refractivity contribution in [3.8, 4) is 0 Å². The Morgan fingerprint density at radius 1 is 1.27 bits per heavy atom. The van der Waals surface area contributed by atoms with Crippen molar-refractivity contribution in [3.05, 3.63) is 0 Å². The summed E-state index contributed by atoms with van der Waals surface area (Å²) >= 11 is 0. The minimum atomic E-state index is -0.738. The quantitative estimate of drug-likeness (QED) is 0.562. The van der Waals surface area contributed by atoms with Crippen LogP contribution < -0.4 is 0 Å². The largest absolute Gasteiger partial charge is 0.480 e. The van der Waals surface area contributed by atoms with Gasteiger partial charge in [0, 0.05) is 13.2 Å². The Balaban J connectivity index is 2.12. The molecule has 15 heavy (non-hydrogen) atoms. The van der Waals surface area contributed by atoms with Gasteiger partial charge in [0.25, 0.3) is 0 Å². The van der Waals surface area contributed by atoms with Crippen LogP contribution in [0.25, 0.3) is 0 Å². The Morgan fingerprint density at radius 3 is 2.53 bits per heavy atom. The summed E-state index contributed by atoms with van der Waals surface area (Å²) < 4.78 is 0. The highest BCUT2D eigenvalue weighted by molar-refractivity contribution is 5.69. The van der Waals surface area contributed by atoms with E-state index in [0.29, 0.717) is 0 Å². The van der Waals surface area contributed by atoms with Gasteiger partial charge in [-0.15, -0.1) is 0 Å². The molecule has 0 aliphatic heterocycles. The van der Waals surface area contributed by atoms with Crippen LogP contribution in [0.4, 0.5) is 0 Å². The number of hydrogen-bond donors (Lipinski definition) is 2. The third-order valence-corrected chi connectivity index (χ3v) is 2.70. The second kappa shape index (κ2) is 6.80. The zero-order valence-electron chi connectivity index (χ0n) is 9.19. The number of carbonyl (C=O) groups is 1. The summed E-state index contributed by atoms with van der Waals surface area (Å²) in [7, 11) is 0. The molecule has 1 saturated carbocycles. The number of aliphatic carboxylic acids is 1. The molecule has 4 nitrogen and oxygen atoms in total. The Bertz CT molecular complexity index is 192. The molecule has 0 spiro atoms. The average Bonchev–Trinajstić information content (AvgIpc) is 2.95. The van der Waals surface area contributed by atoms with Gasteiger partial charge in [0.1, 0.15) is 0 Å². The first-order chi connectivity index (χ1) is 7.22. The molecular weight excluding hydrogens is 194 g/mol. The summed E-state index contributed by atoms with van der Waals surface area (Å²) in [4.78, 5) is 12.6. The number of aliphatic hydroxyl groups excluding tert-OH is 1. The van der Waals surface area contributed by atoms with E-state index >= 15 is 0 Å². The predicted molar refractivity (Wildman–Crippen MR) is 57.7 cm³/mol. The molecule has 2 N–H and O–H groups in total. The van der Waals surface area contributed by atoms with Crippen LogP contribution in [-0.2, 0) is 4.79 Å². The lowest BCUT2D eigenvalue weighted by atomic mass is 10.2. The zero-order valence-corrected chi connectivity index (χ0v) is 9.19. The van der Waals surface area contributed by atoms with Crippen LogP contribution in [-0.4, -0.2) is 47.3 Å². The summed E-state index contributed by atoms with van der Waals surface area (Å²) in [5.74, 6) is -0.000000000000000444. The first kappa shape index (κ1) is 12.5. The van der Waals surface area contributed by atoms with Crippen molar-refractivity contribution in [2.45, 2.75) is 32.1 Å². The Kier molecular flexibility index (Phi) is 5.65. The Morgan fingerprint density at radius 2 is 2.00 bits per heavy atom. The van der Waals surface area contributed by atoms with E-state index in [1.165, 1.54) is 12.8 Å². The highest BCUT2D eigenvalue weighted by atomic mass is 16.4. The molecule has 0 aromatic carbocycles. The van der Waals surface area contributed by atoms with E-state index in [9.17, 15) is 4.79 Å². The molecule has 0 saturated heterocycles. The Labute approximate surface area is 90.9 Å². The minimum absolute atomic E-state index is 0.162. The van der Waals surface area contributed by atoms with Gasteiger partial charge in [0.15, 0.2) is 0 Å². The van der Waals surface area contributed by atoms with Gasteiger partial charge in [-0.2, -0.15) is 0 Å². The average molecular weight is 215 g/mol. The fourth-order valence-corrected chi connectivity index (χ4v) is 1.72. The number of carboxylic acids is 1. The van der Waals surface area contributed by atoms with Crippen LogP contribution in [0.5, 0.6) is 0 Å². The van der Waals surface area contributed by atoms with E-state index in [1.54, 1.807) is 0 Å². The normalized spacial score (nSPS) is 15.9. The number of unbranched alkanes of at least 4 members (excludes halogenated alkanes) is 2. The summed E-state index contributed by atoms with van der Waals surface area (Å²) in [6.07, 6.45) is 5.31. The van der Waals surface area contributed by atoms with Crippen molar-refractivity contribution in [1.82, 2.24) is 4.90 Å². The lowest BCUT2D eigenvalue weighted by Gasteiger charge is -2.19. The SMILES string of the molecule is O=C(O)CN(CCCCCO)CC1CC1. The fraction of sp³-hybridized carbons (Fsp3) is 0.909. The van der Waals surface area contributed by atoms with Crippen LogP contribution >= 0.6 is 0 Å². The molecule has 0 aromatic rings. The van der Waals surface area contributed by atoms with Crippen molar-refractivity contribution in [2.24, 2.45) is 5.92 Å². The topological polar surface area (TPSA) is 60.8 Å². The molecule has 1 aliphatic carbocycles. The maximum Gasteiger partial charge on any atom is 0.317 e. The number of aliphatic hydroxyl groups is 1. The predicted octanol–water partition coefficient (Wildman–Crippen LogP) is 0.946. The van der Waals surface area contributed by atoms with Crippen molar-refractivity contribution >= 4 is 5.97 Å². The van der Waals surface area contributed by atoms with Crippen molar-refractivity contribution in [1.29, 1.82) is 0 Å². The van der Waals surface area contributed by atoms with Crippen LogP contribution in [0.1, 0.15) is 32.1 Å². The molecule has 1 fully saturated rings. The third kappa shape index (κ3) is 6.47. The molecule has 1 rings (SSSR count). The number of carboxylic acid groups (broad SMARTS) is 1. The van der Waals surface area contributed by atoms with Crippen LogP contribution in [0, 0.1) is 5.92 Å². The standard InChI is InChI=1S/C11H21NO3/c13-7-3-1-2-6-12(9-11(14)15)8-10-4-5-10/h10,13H,1-9H2,(H,14,15). The molecule has 0 unspecified atom stereocenters. The lowest BCUT2D eigenvalue weighted by molar-refractivity contribution is -0.138. The van der Waals surface area contributed by atoms with Crippen molar-refractivity contribution < 1.29 is 15.0 Å². The maximum atomic E-state index is 10.6. The van der Waals surface area contributed by atoms with E-state index in [1.807, 2.05) is 4.90 Å². The molecule has 0 amide bonds. The van der Waals surface area contributed by atoms with E-state index in [4.69, 9.17) is 10.2 Å². The van der Waals surface area contributed by atoms with Gasteiger partial charge in [-0.3, -0.25) is 9.69 Å². The summed E-state index contributed by atoms with van der Waals surface area (Å²) in [6.45, 7) is 2.19. The minimum Gasteiger partial charge on any atom is -0.480 e. The molecule has 1 aliphatic rings. The smallest absolute Gasteiger partial charge is 0.317 e. The molecule has 88 valence electrons. The van der Waals surface area contributed by atoms with Gasteiger partial charge in [0.05, 0.1) is 6.54 Å². The lowest BCUT2D eigenvalue weighted by Crippen LogP contribution is -2.32. The highest BCUT2D eigenvalue weighted by Gasteiger charge is 2.24. The molecule has 0 aromatic heterocycles. The summed E-state index contributed by atoms with van der Waals surface area (Å²) in [5, 5.41) is 17.4. The van der Waals surface area contributed by atoms with Gasteiger partial charge in [0.2, 0.25) is 0 Å². The zero-order chi connectivity index (χ0) is 11.1. The summed E-state index contributed by atoms with van der Waals surface area (Å²) in [6, 6.07) is 0. The number of rotatable bonds is 9.